The molecule has 3 N–H and O–H groups in total. The summed E-state index contributed by atoms with van der Waals surface area (Å²) in [5.74, 6) is -0.0362. The zero-order chi connectivity index (χ0) is 32.5. The highest BCUT2D eigenvalue weighted by Gasteiger charge is 2.56. The van der Waals surface area contributed by atoms with E-state index in [-0.39, 0.29) is 6.04 Å². The van der Waals surface area contributed by atoms with Crippen molar-refractivity contribution in [2.45, 2.75) is 31.7 Å². The van der Waals surface area contributed by atoms with Gasteiger partial charge in [0.25, 0.3) is 0 Å². The summed E-state index contributed by atoms with van der Waals surface area (Å²) < 4.78 is 21.3. The first-order valence-corrected chi connectivity index (χ1v) is 15.3. The molecule has 12 heteroatoms. The maximum atomic E-state index is 13.2. The normalized spacial score (nSPS) is 15.6. The summed E-state index contributed by atoms with van der Waals surface area (Å²) in [5, 5.41) is 20.1. The van der Waals surface area contributed by atoms with E-state index in [9.17, 15) is 23.9 Å². The summed E-state index contributed by atoms with van der Waals surface area (Å²) in [6, 6.07) is 20.2. The predicted octanol–water partition coefficient (Wildman–Crippen LogP) is 6.70. The van der Waals surface area contributed by atoms with Gasteiger partial charge in [-0.05, 0) is 98.0 Å². The van der Waals surface area contributed by atoms with Crippen molar-refractivity contribution >= 4 is 40.2 Å². The van der Waals surface area contributed by atoms with Gasteiger partial charge in [0.2, 0.25) is 11.8 Å². The molecule has 5 aromatic rings. The van der Waals surface area contributed by atoms with Crippen molar-refractivity contribution < 1.29 is 28.6 Å². The largest absolute Gasteiger partial charge is 0.465 e. The Labute approximate surface area is 269 Å². The highest BCUT2D eigenvalue weighted by atomic mass is 19.1. The van der Waals surface area contributed by atoms with Crippen molar-refractivity contribution in [1.29, 1.82) is 0 Å². The Kier molecular flexibility index (Phi) is 7.76. The number of carbonyl (C=O) groups excluding carboxylic acids is 2. The molecule has 2 aliphatic rings. The first-order chi connectivity index (χ1) is 22.8. The van der Waals surface area contributed by atoms with Crippen molar-refractivity contribution in [3.63, 3.8) is 0 Å². The lowest BCUT2D eigenvalue weighted by Crippen LogP contribution is -2.38. The highest BCUT2D eigenvalue weighted by Crippen LogP contribution is 2.47. The van der Waals surface area contributed by atoms with Crippen LogP contribution in [0.5, 0.6) is 11.5 Å². The minimum atomic E-state index is -1.16. The van der Waals surface area contributed by atoms with E-state index in [2.05, 4.69) is 20.7 Å². The molecule has 0 bridgehead atoms. The Bertz CT molecular complexity index is 1970. The molecule has 11 nitrogen and oxygen atoms in total. The fraction of sp³-hybridized carbons (Fsp3) is 0.229. The number of aromatic nitrogens is 3. The number of hydrogen-bond acceptors (Lipinski definition) is 6. The van der Waals surface area contributed by atoms with Gasteiger partial charge in [0.1, 0.15) is 22.7 Å². The number of piperidine rings is 1. The van der Waals surface area contributed by atoms with Gasteiger partial charge in [-0.1, -0.05) is 6.07 Å². The first-order valence-electron chi connectivity index (χ1n) is 15.3. The number of anilines is 2. The fourth-order valence-electron chi connectivity index (χ4n) is 5.85. The average Bonchev–Trinajstić information content (AvgIpc) is 3.76. The number of carboxylic acid groups (broad SMARTS) is 1. The summed E-state index contributed by atoms with van der Waals surface area (Å²) in [6.45, 7) is 0.989. The number of rotatable bonds is 8. The minimum Gasteiger partial charge on any atom is -0.465 e. The van der Waals surface area contributed by atoms with E-state index >= 15 is 0 Å². The smallest absolute Gasteiger partial charge is 0.407 e. The quantitative estimate of drug-likeness (QED) is 0.161. The average molecular weight is 635 g/mol. The fourth-order valence-corrected chi connectivity index (χ4v) is 5.85. The van der Waals surface area contributed by atoms with Gasteiger partial charge >= 0.3 is 6.09 Å². The molecule has 47 heavy (non-hydrogen) atoms. The number of fused-ring (bicyclic) bond motifs is 1. The van der Waals surface area contributed by atoms with Crippen molar-refractivity contribution in [3.05, 3.63) is 97.2 Å². The molecular formula is C35H31FN6O5. The molecule has 3 aromatic carbocycles. The number of halogens is 1. The van der Waals surface area contributed by atoms with Gasteiger partial charge in [0, 0.05) is 47.8 Å². The van der Waals surface area contributed by atoms with E-state index < -0.39 is 29.1 Å². The molecule has 238 valence electrons. The van der Waals surface area contributed by atoms with Crippen molar-refractivity contribution in [2.75, 3.05) is 23.7 Å². The van der Waals surface area contributed by atoms with E-state index in [1.165, 1.54) is 29.2 Å². The molecule has 3 amide bonds. The van der Waals surface area contributed by atoms with Crippen LogP contribution in [0, 0.1) is 11.2 Å². The Morgan fingerprint density at radius 3 is 2.17 bits per heavy atom. The van der Waals surface area contributed by atoms with Crippen LogP contribution in [-0.4, -0.2) is 55.8 Å². The number of nitrogens with zero attached hydrogens (tertiary/aromatic N) is 4. The van der Waals surface area contributed by atoms with E-state index in [0.29, 0.717) is 48.8 Å². The monoisotopic (exact) mass is 634 g/mol. The second kappa shape index (κ2) is 12.2. The molecule has 0 spiro atoms. The SMILES string of the molecule is O=C(O)N1CCC(n2cc(-c3ccc4c(Oc5ccc(NC(=O)C6(C(=O)Nc7ccc(F)cc7)CC6)cc5)ccnc4c3)cn2)CC1. The molecule has 2 fully saturated rings. The van der Waals surface area contributed by atoms with Gasteiger partial charge in [0.15, 0.2) is 0 Å². The van der Waals surface area contributed by atoms with E-state index in [0.717, 1.165) is 34.9 Å². The van der Waals surface area contributed by atoms with Crippen molar-refractivity contribution in [2.24, 2.45) is 5.41 Å². The second-order valence-corrected chi connectivity index (χ2v) is 11.9. The zero-order valence-corrected chi connectivity index (χ0v) is 25.2. The zero-order valence-electron chi connectivity index (χ0n) is 25.2. The van der Waals surface area contributed by atoms with E-state index in [1.807, 2.05) is 35.3 Å². The molecular weight excluding hydrogens is 603 g/mol. The molecule has 7 rings (SSSR count). The molecule has 1 saturated carbocycles. The van der Waals surface area contributed by atoms with Gasteiger partial charge in [-0.2, -0.15) is 5.10 Å². The number of nitrogens with one attached hydrogen (secondary N) is 2. The van der Waals surface area contributed by atoms with Crippen LogP contribution in [0.3, 0.4) is 0 Å². The number of hydrogen-bond donors (Lipinski definition) is 3. The number of pyridine rings is 1. The van der Waals surface area contributed by atoms with Crippen LogP contribution in [0.25, 0.3) is 22.0 Å². The van der Waals surface area contributed by atoms with Crippen LogP contribution in [-0.2, 0) is 9.59 Å². The van der Waals surface area contributed by atoms with Gasteiger partial charge in [-0.3, -0.25) is 19.3 Å². The summed E-state index contributed by atoms with van der Waals surface area (Å²) >= 11 is 0. The number of ether oxygens (including phenoxy) is 1. The Balaban J connectivity index is 0.993. The van der Waals surface area contributed by atoms with Crippen LogP contribution in [0.2, 0.25) is 0 Å². The van der Waals surface area contributed by atoms with Crippen LogP contribution >= 0.6 is 0 Å². The van der Waals surface area contributed by atoms with Crippen LogP contribution in [0.15, 0.2) is 91.4 Å². The lowest BCUT2D eigenvalue weighted by Gasteiger charge is -2.30. The topological polar surface area (TPSA) is 139 Å². The van der Waals surface area contributed by atoms with Gasteiger partial charge in [-0.15, -0.1) is 0 Å². The third-order valence-corrected chi connectivity index (χ3v) is 8.81. The van der Waals surface area contributed by atoms with Crippen LogP contribution in [0.4, 0.5) is 20.6 Å². The summed E-state index contributed by atoms with van der Waals surface area (Å²) in [7, 11) is 0. The molecule has 2 aromatic heterocycles. The Hall–Kier alpha value is -5.78. The third-order valence-electron chi connectivity index (χ3n) is 8.81. The van der Waals surface area contributed by atoms with Crippen LogP contribution in [0.1, 0.15) is 31.7 Å². The lowest BCUT2D eigenvalue weighted by atomic mass is 10.0. The molecule has 1 aliphatic carbocycles. The number of carbonyl (C=O) groups is 3. The minimum absolute atomic E-state index is 0.153. The predicted molar refractivity (Wildman–Crippen MR) is 173 cm³/mol. The molecule has 3 heterocycles. The molecule has 0 radical (unpaired) electrons. The number of likely N-dealkylation sites (tertiary alicyclic amines) is 1. The second-order valence-electron chi connectivity index (χ2n) is 11.9. The maximum absolute atomic E-state index is 13.2. The standard InChI is InChI=1S/C35H31FN6O5/c36-24-2-4-25(5-3-24)39-32(43)35(14-15-35)33(44)40-26-6-8-28(9-7-26)47-31-11-16-37-30-19-22(1-10-29(30)31)23-20-38-42(21-23)27-12-17-41(18-13-27)34(45)46/h1-11,16,19-21,27H,12-15,17-18H2,(H,39,43)(H,40,44)(H,45,46). The summed E-state index contributed by atoms with van der Waals surface area (Å²) in [5.41, 5.74) is 2.45. The van der Waals surface area contributed by atoms with E-state index in [1.54, 1.807) is 36.5 Å². The molecule has 1 aliphatic heterocycles. The summed E-state index contributed by atoms with van der Waals surface area (Å²) in [4.78, 5) is 43.1. The van der Waals surface area contributed by atoms with E-state index in [4.69, 9.17) is 4.74 Å². The highest BCUT2D eigenvalue weighted by molar-refractivity contribution is 6.16. The van der Waals surface area contributed by atoms with Gasteiger partial charge in [-0.25, -0.2) is 9.18 Å². The summed E-state index contributed by atoms with van der Waals surface area (Å²) in [6.07, 6.45) is 6.91. The maximum Gasteiger partial charge on any atom is 0.407 e. The van der Waals surface area contributed by atoms with Crippen LogP contribution < -0.4 is 15.4 Å². The van der Waals surface area contributed by atoms with Crippen molar-refractivity contribution in [3.8, 4) is 22.6 Å². The van der Waals surface area contributed by atoms with Gasteiger partial charge in [0.05, 0.1) is 17.8 Å². The molecule has 0 atom stereocenters. The van der Waals surface area contributed by atoms with Crippen molar-refractivity contribution in [1.82, 2.24) is 19.7 Å². The Morgan fingerprint density at radius 1 is 0.872 bits per heavy atom. The lowest BCUT2D eigenvalue weighted by molar-refractivity contribution is -0.131. The molecule has 0 unspecified atom stereocenters. The first kappa shape index (κ1) is 29.9. The third kappa shape index (κ3) is 6.22. The number of amides is 3. The number of benzene rings is 3. The van der Waals surface area contributed by atoms with Gasteiger partial charge < -0.3 is 25.4 Å². The molecule has 1 saturated heterocycles. The Morgan fingerprint density at radius 2 is 1.53 bits per heavy atom.